The Labute approximate surface area is 172 Å². The quantitative estimate of drug-likeness (QED) is 0.597. The van der Waals surface area contributed by atoms with Gasteiger partial charge in [-0.3, -0.25) is 4.79 Å². The number of ether oxygens (including phenoxy) is 2. The number of carbonyl (C=O) groups excluding carboxylic acids is 1. The van der Waals surface area contributed by atoms with Crippen LogP contribution >= 0.6 is 0 Å². The number of benzene rings is 2. The molecule has 0 fully saturated rings. The minimum Gasteiger partial charge on any atom is -0.493 e. The Morgan fingerprint density at radius 3 is 2.31 bits per heavy atom. The van der Waals surface area contributed by atoms with E-state index >= 15 is 0 Å². The van der Waals surface area contributed by atoms with E-state index < -0.39 is 16.1 Å². The molecule has 1 amide bonds. The molecule has 0 aromatic heterocycles. The van der Waals surface area contributed by atoms with Gasteiger partial charge in [0.1, 0.15) is 6.04 Å². The zero-order chi connectivity index (χ0) is 21.4. The first-order valence-electron chi connectivity index (χ1n) is 9.24. The molecule has 8 heteroatoms. The van der Waals surface area contributed by atoms with Crippen molar-refractivity contribution in [2.24, 2.45) is 0 Å². The van der Waals surface area contributed by atoms with Crippen LogP contribution in [-0.4, -0.2) is 52.7 Å². The molecule has 29 heavy (non-hydrogen) atoms. The second kappa shape index (κ2) is 10.3. The summed E-state index contributed by atoms with van der Waals surface area (Å²) in [6.07, 6.45) is 2.52. The van der Waals surface area contributed by atoms with Gasteiger partial charge in [0.15, 0.2) is 11.5 Å². The van der Waals surface area contributed by atoms with Crippen molar-refractivity contribution in [1.29, 1.82) is 0 Å². The lowest BCUT2D eigenvalue weighted by Gasteiger charge is -2.25. The molecule has 0 bridgehead atoms. The lowest BCUT2D eigenvalue weighted by atomic mass is 10.1. The van der Waals surface area contributed by atoms with Crippen molar-refractivity contribution in [1.82, 2.24) is 9.62 Å². The number of likely N-dealkylation sites (N-methyl/N-ethyl adjacent to an activating group) is 1. The summed E-state index contributed by atoms with van der Waals surface area (Å²) in [5.74, 6) is 0.975. The zero-order valence-electron chi connectivity index (χ0n) is 17.2. The van der Waals surface area contributed by atoms with Gasteiger partial charge in [0.25, 0.3) is 0 Å². The number of aryl methyl sites for hydroxylation is 1. The molecular weight excluding hydrogens is 392 g/mol. The number of methoxy groups -OCH3 is 2. The van der Waals surface area contributed by atoms with Crippen LogP contribution in [-0.2, 0) is 21.2 Å². The maximum Gasteiger partial charge on any atom is 0.242 e. The number of carbonyl (C=O) groups is 1. The van der Waals surface area contributed by atoms with Crippen molar-refractivity contribution in [2.45, 2.75) is 18.9 Å². The number of amides is 1. The van der Waals surface area contributed by atoms with Crippen LogP contribution in [0.4, 0.5) is 0 Å². The molecule has 0 aliphatic rings. The molecule has 0 aliphatic heterocycles. The largest absolute Gasteiger partial charge is 0.493 e. The molecule has 0 saturated carbocycles. The predicted octanol–water partition coefficient (Wildman–Crippen LogP) is 2.39. The highest BCUT2D eigenvalue weighted by molar-refractivity contribution is 7.88. The van der Waals surface area contributed by atoms with Gasteiger partial charge in [-0.1, -0.05) is 36.4 Å². The molecule has 0 radical (unpaired) electrons. The van der Waals surface area contributed by atoms with Gasteiger partial charge in [-0.2, -0.15) is 4.31 Å². The van der Waals surface area contributed by atoms with Crippen LogP contribution in [0.2, 0.25) is 0 Å². The number of nitrogens with zero attached hydrogens (tertiary/aromatic N) is 1. The van der Waals surface area contributed by atoms with Crippen molar-refractivity contribution in [2.75, 3.05) is 34.1 Å². The van der Waals surface area contributed by atoms with E-state index in [-0.39, 0.29) is 5.91 Å². The third kappa shape index (κ3) is 6.20. The topological polar surface area (TPSA) is 84.9 Å². The maximum absolute atomic E-state index is 12.8. The van der Waals surface area contributed by atoms with Crippen molar-refractivity contribution in [3.8, 4) is 11.5 Å². The van der Waals surface area contributed by atoms with Crippen LogP contribution in [0.5, 0.6) is 11.5 Å². The highest BCUT2D eigenvalue weighted by Crippen LogP contribution is 2.28. The van der Waals surface area contributed by atoms with Gasteiger partial charge in [0.2, 0.25) is 15.9 Å². The zero-order valence-corrected chi connectivity index (χ0v) is 18.0. The summed E-state index contributed by atoms with van der Waals surface area (Å²) in [5, 5.41) is 2.85. The standard InChI is InChI=1S/C21H28N2O5S/c1-23(29(4,25)26)20(17-10-6-5-7-11-17)21(24)22-14-8-9-16-12-13-18(27-2)19(15-16)28-3/h5-7,10-13,15,20H,8-9,14H2,1-4H3,(H,22,24). The molecule has 1 atom stereocenters. The van der Waals surface area contributed by atoms with Gasteiger partial charge in [-0.15, -0.1) is 0 Å². The molecule has 2 aromatic carbocycles. The van der Waals surface area contributed by atoms with Crippen molar-refractivity contribution in [3.63, 3.8) is 0 Å². The van der Waals surface area contributed by atoms with Crippen LogP contribution in [0.15, 0.2) is 48.5 Å². The summed E-state index contributed by atoms with van der Waals surface area (Å²) < 4.78 is 35.6. The fraction of sp³-hybridized carbons (Fsp3) is 0.381. The van der Waals surface area contributed by atoms with Crippen molar-refractivity contribution < 1.29 is 22.7 Å². The Morgan fingerprint density at radius 2 is 1.72 bits per heavy atom. The fourth-order valence-corrected chi connectivity index (χ4v) is 3.59. The molecule has 0 saturated heterocycles. The fourth-order valence-electron chi connectivity index (χ4n) is 2.99. The minimum atomic E-state index is -3.54. The van der Waals surface area contributed by atoms with Crippen LogP contribution in [0, 0.1) is 0 Å². The van der Waals surface area contributed by atoms with Crippen LogP contribution < -0.4 is 14.8 Å². The van der Waals surface area contributed by atoms with Crippen molar-refractivity contribution >= 4 is 15.9 Å². The summed E-state index contributed by atoms with van der Waals surface area (Å²) in [7, 11) is 1.05. The summed E-state index contributed by atoms with van der Waals surface area (Å²) in [6.45, 7) is 0.425. The summed E-state index contributed by atoms with van der Waals surface area (Å²) in [5.41, 5.74) is 1.68. The number of hydrogen-bond donors (Lipinski definition) is 1. The Hall–Kier alpha value is -2.58. The van der Waals surface area contributed by atoms with Gasteiger partial charge in [0, 0.05) is 13.6 Å². The van der Waals surface area contributed by atoms with Crippen LogP contribution in [0.3, 0.4) is 0 Å². The summed E-state index contributed by atoms with van der Waals surface area (Å²) in [6, 6.07) is 13.7. The molecular formula is C21H28N2O5S. The van der Waals surface area contributed by atoms with Gasteiger partial charge in [0.05, 0.1) is 20.5 Å². The van der Waals surface area contributed by atoms with E-state index in [0.29, 0.717) is 30.0 Å². The monoisotopic (exact) mass is 420 g/mol. The SMILES string of the molecule is COc1ccc(CCCNC(=O)C(c2ccccc2)N(C)S(C)(=O)=O)cc1OC. The third-order valence-electron chi connectivity index (χ3n) is 4.64. The summed E-state index contributed by atoms with van der Waals surface area (Å²) in [4.78, 5) is 12.8. The molecule has 158 valence electrons. The second-order valence-electron chi connectivity index (χ2n) is 6.68. The second-order valence-corrected chi connectivity index (χ2v) is 8.72. The van der Waals surface area contributed by atoms with Crippen LogP contribution in [0.25, 0.3) is 0 Å². The number of nitrogens with one attached hydrogen (secondary N) is 1. The normalized spacial score (nSPS) is 12.4. The van der Waals surface area contributed by atoms with E-state index in [1.165, 1.54) is 7.05 Å². The smallest absolute Gasteiger partial charge is 0.242 e. The molecule has 2 aromatic rings. The first-order valence-corrected chi connectivity index (χ1v) is 11.1. The van der Waals surface area contributed by atoms with E-state index in [9.17, 15) is 13.2 Å². The Morgan fingerprint density at radius 1 is 1.07 bits per heavy atom. The van der Waals surface area contributed by atoms with Gasteiger partial charge in [-0.05, 0) is 36.1 Å². The Kier molecular flexibility index (Phi) is 8.04. The van der Waals surface area contributed by atoms with Crippen LogP contribution in [0.1, 0.15) is 23.6 Å². The number of sulfonamides is 1. The first-order chi connectivity index (χ1) is 13.8. The predicted molar refractivity (Wildman–Crippen MR) is 113 cm³/mol. The molecule has 1 unspecified atom stereocenters. The minimum absolute atomic E-state index is 0.351. The van der Waals surface area contributed by atoms with E-state index in [2.05, 4.69) is 5.32 Å². The Bertz CT molecular complexity index is 916. The summed E-state index contributed by atoms with van der Waals surface area (Å²) >= 11 is 0. The lowest BCUT2D eigenvalue weighted by molar-refractivity contribution is -0.124. The first kappa shape index (κ1) is 22.7. The molecule has 2 rings (SSSR count). The highest BCUT2D eigenvalue weighted by atomic mass is 32.2. The van der Waals surface area contributed by atoms with E-state index in [4.69, 9.17) is 9.47 Å². The maximum atomic E-state index is 12.8. The molecule has 1 N–H and O–H groups in total. The molecule has 0 heterocycles. The van der Waals surface area contributed by atoms with Gasteiger partial charge >= 0.3 is 0 Å². The van der Waals surface area contributed by atoms with Gasteiger partial charge < -0.3 is 14.8 Å². The van der Waals surface area contributed by atoms with E-state index in [1.54, 1.807) is 38.5 Å². The number of hydrogen-bond acceptors (Lipinski definition) is 5. The molecule has 0 aliphatic carbocycles. The Balaban J connectivity index is 2.00. The lowest BCUT2D eigenvalue weighted by Crippen LogP contribution is -2.41. The highest BCUT2D eigenvalue weighted by Gasteiger charge is 2.30. The van der Waals surface area contributed by atoms with Crippen molar-refractivity contribution in [3.05, 3.63) is 59.7 Å². The average Bonchev–Trinajstić information content (AvgIpc) is 2.71. The van der Waals surface area contributed by atoms with E-state index in [1.807, 2.05) is 24.3 Å². The van der Waals surface area contributed by atoms with Gasteiger partial charge in [-0.25, -0.2) is 8.42 Å². The number of rotatable bonds is 10. The molecule has 0 spiro atoms. The van der Waals surface area contributed by atoms with E-state index in [0.717, 1.165) is 22.5 Å². The molecule has 7 nitrogen and oxygen atoms in total. The third-order valence-corrected chi connectivity index (χ3v) is 5.90. The average molecular weight is 421 g/mol.